The van der Waals surface area contributed by atoms with Gasteiger partial charge >= 0.3 is 0 Å². The zero-order chi connectivity index (χ0) is 14.8. The summed E-state index contributed by atoms with van der Waals surface area (Å²) in [5, 5.41) is 17.7. The molecule has 0 aromatic carbocycles. The Morgan fingerprint density at radius 3 is 2.95 bits per heavy atom. The third kappa shape index (κ3) is 2.66. The smallest absolute Gasteiger partial charge is 0.226 e. The van der Waals surface area contributed by atoms with Gasteiger partial charge < -0.3 is 15.2 Å². The normalized spacial score (nSPS) is 12.5. The van der Waals surface area contributed by atoms with Gasteiger partial charge in [0.15, 0.2) is 5.82 Å². The van der Waals surface area contributed by atoms with Gasteiger partial charge in [-0.15, -0.1) is 21.5 Å². The molecule has 3 aromatic heterocycles. The number of thiophene rings is 1. The minimum atomic E-state index is 0.00461. The molecule has 8 heteroatoms. The molecule has 0 saturated carbocycles. The Labute approximate surface area is 126 Å². The molecule has 1 unspecified atom stereocenters. The van der Waals surface area contributed by atoms with E-state index in [2.05, 4.69) is 30.8 Å². The van der Waals surface area contributed by atoms with Crippen molar-refractivity contribution in [3.05, 3.63) is 23.6 Å². The van der Waals surface area contributed by atoms with Crippen LogP contribution in [0.25, 0.3) is 10.2 Å². The van der Waals surface area contributed by atoms with Crippen molar-refractivity contribution in [2.45, 2.75) is 19.9 Å². The Kier molecular flexibility index (Phi) is 3.70. The van der Waals surface area contributed by atoms with E-state index in [1.807, 2.05) is 36.9 Å². The summed E-state index contributed by atoms with van der Waals surface area (Å²) in [5.74, 6) is 2.31. The van der Waals surface area contributed by atoms with Gasteiger partial charge in [-0.2, -0.15) is 4.98 Å². The van der Waals surface area contributed by atoms with Gasteiger partial charge in [-0.05, 0) is 25.3 Å². The van der Waals surface area contributed by atoms with E-state index >= 15 is 0 Å². The molecule has 0 spiro atoms. The van der Waals surface area contributed by atoms with Crippen molar-refractivity contribution in [2.75, 3.05) is 17.2 Å². The molecule has 3 aromatic rings. The first kappa shape index (κ1) is 13.7. The van der Waals surface area contributed by atoms with Crippen molar-refractivity contribution in [2.24, 2.45) is 7.05 Å². The number of aromatic nitrogens is 5. The van der Waals surface area contributed by atoms with Crippen LogP contribution in [0, 0.1) is 0 Å². The molecule has 0 bridgehead atoms. The lowest BCUT2D eigenvalue weighted by Crippen LogP contribution is -2.14. The summed E-state index contributed by atoms with van der Waals surface area (Å²) < 4.78 is 1.90. The van der Waals surface area contributed by atoms with Gasteiger partial charge in [0.2, 0.25) is 5.95 Å². The molecule has 21 heavy (non-hydrogen) atoms. The largest absolute Gasteiger partial charge is 0.360 e. The Morgan fingerprint density at radius 2 is 2.24 bits per heavy atom. The quantitative estimate of drug-likeness (QED) is 0.753. The van der Waals surface area contributed by atoms with Gasteiger partial charge in [-0.3, -0.25) is 0 Å². The summed E-state index contributed by atoms with van der Waals surface area (Å²) in [6.45, 7) is 4.85. The fourth-order valence-corrected chi connectivity index (χ4v) is 2.92. The van der Waals surface area contributed by atoms with Gasteiger partial charge in [-0.1, -0.05) is 0 Å². The van der Waals surface area contributed by atoms with E-state index in [1.165, 1.54) is 0 Å². The molecule has 0 aliphatic carbocycles. The van der Waals surface area contributed by atoms with Crippen molar-refractivity contribution in [3.8, 4) is 0 Å². The van der Waals surface area contributed by atoms with E-state index in [1.54, 1.807) is 17.7 Å². The summed E-state index contributed by atoms with van der Waals surface area (Å²) in [4.78, 5) is 10.0. The van der Waals surface area contributed by atoms with Gasteiger partial charge in [-0.25, -0.2) is 4.98 Å². The first-order valence-electron chi connectivity index (χ1n) is 6.78. The molecule has 0 radical (unpaired) electrons. The van der Waals surface area contributed by atoms with Crippen LogP contribution in [0.15, 0.2) is 17.8 Å². The first-order chi connectivity index (χ1) is 10.2. The maximum absolute atomic E-state index is 4.56. The summed E-state index contributed by atoms with van der Waals surface area (Å²) in [7, 11) is 1.93. The number of anilines is 2. The lowest BCUT2D eigenvalue weighted by molar-refractivity contribution is 0.717. The molecule has 0 fully saturated rings. The number of nitrogens with one attached hydrogen (secondary N) is 2. The Balaban J connectivity index is 1.95. The summed E-state index contributed by atoms with van der Waals surface area (Å²) >= 11 is 1.60. The minimum absolute atomic E-state index is 0.00461. The molecular weight excluding hydrogens is 286 g/mol. The lowest BCUT2D eigenvalue weighted by atomic mass is 10.3. The second-order valence-electron chi connectivity index (χ2n) is 4.73. The molecule has 3 rings (SSSR count). The van der Waals surface area contributed by atoms with E-state index in [4.69, 9.17) is 0 Å². The van der Waals surface area contributed by atoms with Gasteiger partial charge in [0, 0.05) is 13.6 Å². The molecule has 110 valence electrons. The third-order valence-corrected chi connectivity index (χ3v) is 3.95. The zero-order valence-corrected chi connectivity index (χ0v) is 13.0. The van der Waals surface area contributed by atoms with Crippen molar-refractivity contribution in [3.63, 3.8) is 0 Å². The molecule has 1 atom stereocenters. The number of hydrogen-bond donors (Lipinski definition) is 2. The number of aryl methyl sites for hydroxylation is 1. The predicted octanol–water partition coefficient (Wildman–Crippen LogP) is 2.42. The van der Waals surface area contributed by atoms with Crippen LogP contribution in [0.5, 0.6) is 0 Å². The van der Waals surface area contributed by atoms with Crippen molar-refractivity contribution in [1.82, 2.24) is 24.7 Å². The first-order valence-corrected chi connectivity index (χ1v) is 7.66. The van der Waals surface area contributed by atoms with Gasteiger partial charge in [0.1, 0.15) is 17.0 Å². The second-order valence-corrected chi connectivity index (χ2v) is 5.63. The fraction of sp³-hybridized carbons (Fsp3) is 0.385. The molecule has 7 nitrogen and oxygen atoms in total. The SMILES string of the molecule is CCNc1nc(NC(C)c2nncn2C)c2ccsc2n1. The highest BCUT2D eigenvalue weighted by atomic mass is 32.1. The highest BCUT2D eigenvalue weighted by Crippen LogP contribution is 2.28. The zero-order valence-electron chi connectivity index (χ0n) is 12.2. The maximum atomic E-state index is 4.56. The highest BCUT2D eigenvalue weighted by Gasteiger charge is 2.15. The third-order valence-electron chi connectivity index (χ3n) is 3.15. The van der Waals surface area contributed by atoms with Crippen LogP contribution >= 0.6 is 11.3 Å². The summed E-state index contributed by atoms with van der Waals surface area (Å²) in [6.07, 6.45) is 1.69. The van der Waals surface area contributed by atoms with Crippen LogP contribution in [0.1, 0.15) is 25.7 Å². The van der Waals surface area contributed by atoms with Crippen molar-refractivity contribution in [1.29, 1.82) is 0 Å². The van der Waals surface area contributed by atoms with Crippen LogP contribution in [0.2, 0.25) is 0 Å². The van der Waals surface area contributed by atoms with E-state index in [9.17, 15) is 0 Å². The molecule has 0 saturated heterocycles. The Morgan fingerprint density at radius 1 is 1.38 bits per heavy atom. The van der Waals surface area contributed by atoms with Crippen molar-refractivity contribution >= 4 is 33.3 Å². The summed E-state index contributed by atoms with van der Waals surface area (Å²) in [5.41, 5.74) is 0. The average molecular weight is 303 g/mol. The molecule has 3 heterocycles. The standard InChI is InChI=1S/C13H17N7S/c1-4-14-13-17-10(9-5-6-21-12(9)18-13)16-8(2)11-19-15-7-20(11)3/h5-8H,4H2,1-3H3,(H2,14,16,17,18). The summed E-state index contributed by atoms with van der Waals surface area (Å²) in [6, 6.07) is 2.03. The van der Waals surface area contributed by atoms with Crippen LogP contribution in [-0.2, 0) is 7.05 Å². The molecule has 0 amide bonds. The fourth-order valence-electron chi connectivity index (χ4n) is 2.16. The number of hydrogen-bond acceptors (Lipinski definition) is 7. The molecular formula is C13H17N7S. The van der Waals surface area contributed by atoms with E-state index in [0.29, 0.717) is 5.95 Å². The van der Waals surface area contributed by atoms with Gasteiger partial charge in [0.25, 0.3) is 0 Å². The lowest BCUT2D eigenvalue weighted by Gasteiger charge is -2.15. The average Bonchev–Trinajstić information content (AvgIpc) is 3.07. The minimum Gasteiger partial charge on any atom is -0.360 e. The maximum Gasteiger partial charge on any atom is 0.226 e. The Hall–Kier alpha value is -2.22. The Bertz CT molecular complexity index is 748. The number of fused-ring (bicyclic) bond motifs is 1. The van der Waals surface area contributed by atoms with Crippen LogP contribution < -0.4 is 10.6 Å². The highest BCUT2D eigenvalue weighted by molar-refractivity contribution is 7.16. The monoisotopic (exact) mass is 303 g/mol. The second kappa shape index (κ2) is 5.65. The van der Waals surface area contributed by atoms with E-state index in [0.717, 1.165) is 28.4 Å². The number of nitrogens with zero attached hydrogens (tertiary/aromatic N) is 5. The van der Waals surface area contributed by atoms with Crippen LogP contribution in [0.4, 0.5) is 11.8 Å². The van der Waals surface area contributed by atoms with Crippen LogP contribution in [0.3, 0.4) is 0 Å². The van der Waals surface area contributed by atoms with Crippen molar-refractivity contribution < 1.29 is 0 Å². The number of rotatable bonds is 5. The van der Waals surface area contributed by atoms with Crippen LogP contribution in [-0.4, -0.2) is 31.3 Å². The molecule has 0 aliphatic rings. The topological polar surface area (TPSA) is 80.5 Å². The molecule has 2 N–H and O–H groups in total. The predicted molar refractivity (Wildman–Crippen MR) is 84.6 cm³/mol. The van der Waals surface area contributed by atoms with E-state index in [-0.39, 0.29) is 6.04 Å². The van der Waals surface area contributed by atoms with E-state index < -0.39 is 0 Å². The molecule has 0 aliphatic heterocycles. The van der Waals surface area contributed by atoms with Gasteiger partial charge in [0.05, 0.1) is 11.4 Å².